The Morgan fingerprint density at radius 1 is 1.46 bits per heavy atom. The third kappa shape index (κ3) is 1.70. The van der Waals surface area contributed by atoms with Crippen molar-refractivity contribution in [3.8, 4) is 0 Å². The number of para-hydroxylation sites is 1. The van der Waals surface area contributed by atoms with Gasteiger partial charge >= 0.3 is 4.34 Å². The molecule has 0 radical (unpaired) electrons. The van der Waals surface area contributed by atoms with Crippen molar-refractivity contribution in [3.05, 3.63) is 24.3 Å². The maximum Gasteiger partial charge on any atom is 0.325 e. The molecular weight excluding hydrogens is 200 g/mol. The van der Waals surface area contributed by atoms with Crippen LogP contribution in [0.4, 0.5) is 0 Å². The number of aromatic nitrogens is 1. The lowest BCUT2D eigenvalue weighted by molar-refractivity contribution is 1.27. The molecule has 1 unspecified atom stereocenters. The summed E-state index contributed by atoms with van der Waals surface area (Å²) in [6.07, 6.45) is 0. The first-order chi connectivity index (χ1) is 6.31. The van der Waals surface area contributed by atoms with Crippen molar-refractivity contribution >= 4 is 32.6 Å². The molecule has 0 aliphatic heterocycles. The predicted octanol–water partition coefficient (Wildman–Crippen LogP) is 2.17. The molecule has 13 heavy (non-hydrogen) atoms. The van der Waals surface area contributed by atoms with Gasteiger partial charge in [0, 0.05) is 0 Å². The summed E-state index contributed by atoms with van der Waals surface area (Å²) in [5.41, 5.74) is 1.07. The zero-order valence-corrected chi connectivity index (χ0v) is 8.99. The van der Waals surface area contributed by atoms with Crippen LogP contribution in [0.15, 0.2) is 28.6 Å². The van der Waals surface area contributed by atoms with Crippen molar-refractivity contribution in [2.45, 2.75) is 11.3 Å². The smallest absolute Gasteiger partial charge is 0.190 e. The number of hydrogen-bond donors (Lipinski definition) is 1. The summed E-state index contributed by atoms with van der Waals surface area (Å²) < 4.78 is 2.30. The second-order valence-electron chi connectivity index (χ2n) is 2.67. The van der Waals surface area contributed by atoms with Gasteiger partial charge in [-0.2, -0.15) is 4.98 Å². The largest absolute Gasteiger partial charge is 0.325 e. The summed E-state index contributed by atoms with van der Waals surface area (Å²) in [4.78, 5) is 4.49. The minimum Gasteiger partial charge on any atom is -0.190 e. The maximum atomic E-state index is 5.93. The third-order valence-electron chi connectivity index (χ3n) is 1.81. The summed E-state index contributed by atoms with van der Waals surface area (Å²) in [6, 6.07) is 8.16. The molecular formula is C9H11N2S2+. The van der Waals surface area contributed by atoms with E-state index in [1.165, 1.54) is 4.70 Å². The monoisotopic (exact) mass is 211 g/mol. The lowest BCUT2D eigenvalue weighted by atomic mass is 10.3. The molecule has 0 saturated heterocycles. The van der Waals surface area contributed by atoms with E-state index in [-0.39, 0.29) is 11.1 Å². The fourth-order valence-electron chi connectivity index (χ4n) is 1.09. The van der Waals surface area contributed by atoms with E-state index >= 15 is 0 Å². The van der Waals surface area contributed by atoms with Crippen molar-refractivity contribution in [1.82, 2.24) is 4.98 Å². The highest BCUT2D eigenvalue weighted by molar-refractivity contribution is 7.96. The Kier molecular flexibility index (Phi) is 2.53. The van der Waals surface area contributed by atoms with Crippen molar-refractivity contribution in [3.63, 3.8) is 0 Å². The van der Waals surface area contributed by atoms with Gasteiger partial charge in [-0.3, -0.25) is 0 Å². The van der Waals surface area contributed by atoms with Crippen LogP contribution in [0, 0.1) is 0 Å². The van der Waals surface area contributed by atoms with Gasteiger partial charge in [0.05, 0.1) is 10.2 Å². The SMILES string of the molecule is CC[S+](N)c1nc2ccccc2s1. The second-order valence-corrected chi connectivity index (χ2v) is 5.78. The van der Waals surface area contributed by atoms with Gasteiger partial charge in [0.1, 0.15) is 16.8 Å². The number of rotatable bonds is 2. The summed E-state index contributed by atoms with van der Waals surface area (Å²) in [5, 5.41) is 5.93. The van der Waals surface area contributed by atoms with Crippen LogP contribution in [0.1, 0.15) is 6.92 Å². The quantitative estimate of drug-likeness (QED) is 0.773. The van der Waals surface area contributed by atoms with Crippen molar-refractivity contribution in [1.29, 1.82) is 0 Å². The van der Waals surface area contributed by atoms with Gasteiger partial charge < -0.3 is 0 Å². The molecule has 0 saturated carbocycles. The molecule has 1 atom stereocenters. The molecule has 0 aliphatic rings. The van der Waals surface area contributed by atoms with Crippen LogP contribution in [0.2, 0.25) is 0 Å². The Balaban J connectivity index is 2.49. The van der Waals surface area contributed by atoms with Crippen LogP contribution >= 0.6 is 11.3 Å². The Morgan fingerprint density at radius 3 is 2.92 bits per heavy atom. The van der Waals surface area contributed by atoms with Crippen molar-refractivity contribution in [2.75, 3.05) is 5.75 Å². The molecule has 2 nitrogen and oxygen atoms in total. The van der Waals surface area contributed by atoms with Gasteiger partial charge in [0.2, 0.25) is 0 Å². The fourth-order valence-corrected chi connectivity index (χ4v) is 3.30. The Morgan fingerprint density at radius 2 is 2.23 bits per heavy atom. The maximum absolute atomic E-state index is 5.93. The molecule has 0 fully saturated rings. The molecule has 2 rings (SSSR count). The number of fused-ring (bicyclic) bond motifs is 1. The normalized spacial score (nSPS) is 13.4. The van der Waals surface area contributed by atoms with E-state index in [0.717, 1.165) is 15.6 Å². The molecule has 2 N–H and O–H groups in total. The number of nitrogens with two attached hydrogens (primary N) is 1. The van der Waals surface area contributed by atoms with Crippen LogP contribution in [-0.2, 0) is 11.1 Å². The summed E-state index contributed by atoms with van der Waals surface area (Å²) in [5.74, 6) is 0.972. The summed E-state index contributed by atoms with van der Waals surface area (Å²) in [7, 11) is 0. The highest BCUT2D eigenvalue weighted by Crippen LogP contribution is 2.24. The first kappa shape index (κ1) is 8.99. The van der Waals surface area contributed by atoms with Gasteiger partial charge in [-0.05, 0) is 19.1 Å². The highest BCUT2D eigenvalue weighted by atomic mass is 32.2. The fraction of sp³-hybridized carbons (Fsp3) is 0.222. The number of thiazole rings is 1. The van der Waals surface area contributed by atoms with E-state index in [4.69, 9.17) is 5.14 Å². The standard InChI is InChI=1S/C9H11N2S2/c1-2-13(10)9-11-7-5-3-4-6-8(7)12-9/h3-6H,2,10H2,1H3/q+1. The van der Waals surface area contributed by atoms with E-state index < -0.39 is 0 Å². The Bertz CT molecular complexity index is 378. The van der Waals surface area contributed by atoms with E-state index in [2.05, 4.69) is 18.0 Å². The van der Waals surface area contributed by atoms with E-state index in [1.807, 2.05) is 18.2 Å². The molecule has 4 heteroatoms. The van der Waals surface area contributed by atoms with Gasteiger partial charge in [-0.25, -0.2) is 0 Å². The van der Waals surface area contributed by atoms with E-state index in [9.17, 15) is 0 Å². The van der Waals surface area contributed by atoms with Crippen LogP contribution in [-0.4, -0.2) is 10.7 Å². The van der Waals surface area contributed by atoms with Crippen molar-refractivity contribution < 1.29 is 0 Å². The molecule has 1 aromatic heterocycles. The average molecular weight is 211 g/mol. The van der Waals surface area contributed by atoms with Gasteiger partial charge in [-0.15, -0.1) is 5.14 Å². The summed E-state index contributed by atoms with van der Waals surface area (Å²) in [6.45, 7) is 2.09. The highest BCUT2D eigenvalue weighted by Gasteiger charge is 2.19. The van der Waals surface area contributed by atoms with Crippen molar-refractivity contribution in [2.24, 2.45) is 5.14 Å². The van der Waals surface area contributed by atoms with Crippen LogP contribution in [0.25, 0.3) is 10.2 Å². The van der Waals surface area contributed by atoms with Crippen LogP contribution in [0.5, 0.6) is 0 Å². The minimum atomic E-state index is -0.166. The number of nitrogens with zero attached hydrogens (tertiary/aromatic N) is 1. The third-order valence-corrected chi connectivity index (χ3v) is 4.69. The Hall–Kier alpha value is -0.580. The van der Waals surface area contributed by atoms with E-state index in [1.54, 1.807) is 11.3 Å². The molecule has 0 aliphatic carbocycles. The summed E-state index contributed by atoms with van der Waals surface area (Å²) >= 11 is 1.54. The van der Waals surface area contributed by atoms with Gasteiger partial charge in [0.15, 0.2) is 0 Å². The van der Waals surface area contributed by atoms with Gasteiger partial charge in [-0.1, -0.05) is 23.5 Å². The molecule has 0 bridgehead atoms. The number of benzene rings is 1. The molecule has 68 valence electrons. The zero-order valence-electron chi connectivity index (χ0n) is 7.36. The zero-order chi connectivity index (χ0) is 9.26. The number of hydrogen-bond acceptors (Lipinski definition) is 3. The first-order valence-electron chi connectivity index (χ1n) is 4.12. The lowest BCUT2D eigenvalue weighted by Gasteiger charge is -1.88. The van der Waals surface area contributed by atoms with Crippen LogP contribution < -0.4 is 5.14 Å². The van der Waals surface area contributed by atoms with Gasteiger partial charge in [0.25, 0.3) is 0 Å². The van der Waals surface area contributed by atoms with Crippen LogP contribution in [0.3, 0.4) is 0 Å². The average Bonchev–Trinajstić information content (AvgIpc) is 2.59. The molecule has 2 aromatic rings. The lowest BCUT2D eigenvalue weighted by Crippen LogP contribution is -2.15. The molecule has 0 spiro atoms. The minimum absolute atomic E-state index is 0.166. The molecule has 1 aromatic carbocycles. The topological polar surface area (TPSA) is 38.9 Å². The van der Waals surface area contributed by atoms with E-state index in [0.29, 0.717) is 0 Å². The second kappa shape index (κ2) is 3.65. The molecule has 0 amide bonds. The first-order valence-corrected chi connectivity index (χ1v) is 6.39. The predicted molar refractivity (Wildman–Crippen MR) is 60.0 cm³/mol. The Labute approximate surface area is 84.3 Å². The molecule has 1 heterocycles.